The summed E-state index contributed by atoms with van der Waals surface area (Å²) in [5.41, 5.74) is -0.391. The van der Waals surface area contributed by atoms with E-state index in [1.807, 2.05) is 34.6 Å². The van der Waals surface area contributed by atoms with Crippen LogP contribution in [0.3, 0.4) is 0 Å². The lowest BCUT2D eigenvalue weighted by molar-refractivity contribution is -0.128. The number of nitrogens with one attached hydrogen (secondary N) is 2. The highest BCUT2D eigenvalue weighted by molar-refractivity contribution is 5.82. The van der Waals surface area contributed by atoms with E-state index in [4.69, 9.17) is 4.74 Å². The topological polar surface area (TPSA) is 86.3 Å². The predicted molar refractivity (Wildman–Crippen MR) is 98.6 cm³/mol. The van der Waals surface area contributed by atoms with Gasteiger partial charge in [-0.1, -0.05) is 20.8 Å². The number of carbonyl (C=O) groups excluding carboxylic acids is 2. The molecule has 2 N–H and O–H groups in total. The number of hydrogen-bond acceptors (Lipinski definition) is 4. The molecule has 0 spiro atoms. The number of nitrogens with zero attached hydrogens (tertiary/aromatic N) is 3. The minimum Gasteiger partial charge on any atom is -0.450 e. The zero-order valence-electron chi connectivity index (χ0n) is 16.2. The third kappa shape index (κ3) is 7.19. The summed E-state index contributed by atoms with van der Waals surface area (Å²) in [6.07, 6.45) is -0.256. The first-order chi connectivity index (χ1) is 11.8. The SMILES string of the molecule is CCNC(=NCCNC(=O)C(C)(C)C)N1CCN(C(=O)OCC)CC1. The van der Waals surface area contributed by atoms with Gasteiger partial charge in [-0.2, -0.15) is 0 Å². The van der Waals surface area contributed by atoms with E-state index >= 15 is 0 Å². The maximum atomic E-state index is 11.9. The molecule has 0 atom stereocenters. The van der Waals surface area contributed by atoms with E-state index in [0.717, 1.165) is 12.5 Å². The Labute approximate surface area is 151 Å². The largest absolute Gasteiger partial charge is 0.450 e. The monoisotopic (exact) mass is 355 g/mol. The first-order valence-corrected chi connectivity index (χ1v) is 9.02. The van der Waals surface area contributed by atoms with Crippen LogP contribution in [0, 0.1) is 5.41 Å². The number of piperazine rings is 1. The third-order valence-electron chi connectivity index (χ3n) is 3.78. The highest BCUT2D eigenvalue weighted by Gasteiger charge is 2.24. The van der Waals surface area contributed by atoms with Crippen LogP contribution in [0.25, 0.3) is 0 Å². The van der Waals surface area contributed by atoms with Gasteiger partial charge in [0.25, 0.3) is 0 Å². The van der Waals surface area contributed by atoms with Gasteiger partial charge in [-0.15, -0.1) is 0 Å². The number of guanidine groups is 1. The fraction of sp³-hybridized carbons (Fsp3) is 0.824. The van der Waals surface area contributed by atoms with Crippen molar-refractivity contribution in [2.45, 2.75) is 34.6 Å². The number of ether oxygens (including phenoxy) is 1. The van der Waals surface area contributed by atoms with Crippen molar-refractivity contribution in [3.63, 3.8) is 0 Å². The zero-order chi connectivity index (χ0) is 18.9. The summed E-state index contributed by atoms with van der Waals surface area (Å²) in [7, 11) is 0. The average molecular weight is 355 g/mol. The second kappa shape index (κ2) is 10.1. The molecule has 8 heteroatoms. The van der Waals surface area contributed by atoms with Crippen molar-refractivity contribution in [3.8, 4) is 0 Å². The van der Waals surface area contributed by atoms with Crippen molar-refractivity contribution < 1.29 is 14.3 Å². The molecule has 0 aromatic carbocycles. The van der Waals surface area contributed by atoms with Crippen LogP contribution >= 0.6 is 0 Å². The van der Waals surface area contributed by atoms with Gasteiger partial charge in [0.1, 0.15) is 0 Å². The number of amides is 2. The van der Waals surface area contributed by atoms with E-state index in [1.54, 1.807) is 4.90 Å². The zero-order valence-corrected chi connectivity index (χ0v) is 16.2. The lowest BCUT2D eigenvalue weighted by Gasteiger charge is -2.35. The van der Waals surface area contributed by atoms with Crippen LogP contribution in [0.4, 0.5) is 4.79 Å². The van der Waals surface area contributed by atoms with Crippen LogP contribution in [-0.2, 0) is 9.53 Å². The molecule has 2 amide bonds. The molecule has 1 fully saturated rings. The molecule has 0 unspecified atom stereocenters. The minimum atomic E-state index is -0.391. The van der Waals surface area contributed by atoms with Gasteiger partial charge in [-0.25, -0.2) is 4.79 Å². The minimum absolute atomic E-state index is 0.0238. The van der Waals surface area contributed by atoms with Gasteiger partial charge in [0.05, 0.1) is 13.2 Å². The molecule has 0 aromatic heterocycles. The molecule has 144 valence electrons. The highest BCUT2D eigenvalue weighted by atomic mass is 16.6. The van der Waals surface area contributed by atoms with E-state index in [9.17, 15) is 9.59 Å². The molecular weight excluding hydrogens is 322 g/mol. The van der Waals surface area contributed by atoms with E-state index in [-0.39, 0.29) is 12.0 Å². The molecule has 0 radical (unpaired) electrons. The van der Waals surface area contributed by atoms with Crippen LogP contribution in [-0.4, -0.2) is 80.2 Å². The molecule has 1 saturated heterocycles. The second-order valence-corrected chi connectivity index (χ2v) is 6.91. The number of hydrogen-bond donors (Lipinski definition) is 2. The standard InChI is InChI=1S/C17H33N5O3/c1-6-18-15(20-9-8-19-14(23)17(3,4)5)21-10-12-22(13-11-21)16(24)25-7-2/h6-13H2,1-5H3,(H,18,20)(H,19,23). The fourth-order valence-corrected chi connectivity index (χ4v) is 2.34. The van der Waals surface area contributed by atoms with Gasteiger partial charge >= 0.3 is 6.09 Å². The molecule has 0 aromatic rings. The fourth-order valence-electron chi connectivity index (χ4n) is 2.34. The van der Waals surface area contributed by atoms with Crippen molar-refractivity contribution in [1.29, 1.82) is 0 Å². The number of rotatable bonds is 5. The molecule has 1 aliphatic rings. The Morgan fingerprint density at radius 3 is 2.16 bits per heavy atom. The lowest BCUT2D eigenvalue weighted by atomic mass is 9.96. The Morgan fingerprint density at radius 1 is 1.04 bits per heavy atom. The molecule has 0 aliphatic carbocycles. The van der Waals surface area contributed by atoms with Crippen LogP contribution < -0.4 is 10.6 Å². The van der Waals surface area contributed by atoms with Gasteiger partial charge in [0.15, 0.2) is 5.96 Å². The van der Waals surface area contributed by atoms with Crippen LogP contribution in [0.1, 0.15) is 34.6 Å². The molecule has 1 aliphatic heterocycles. The molecular formula is C17H33N5O3. The Hall–Kier alpha value is -1.99. The Bertz CT molecular complexity index is 465. The van der Waals surface area contributed by atoms with E-state index < -0.39 is 5.41 Å². The summed E-state index contributed by atoms with van der Waals surface area (Å²) in [6, 6.07) is 0. The smallest absolute Gasteiger partial charge is 0.409 e. The van der Waals surface area contributed by atoms with Crippen LogP contribution in [0.5, 0.6) is 0 Å². The molecule has 1 heterocycles. The Kier molecular flexibility index (Phi) is 8.51. The van der Waals surface area contributed by atoms with Crippen molar-refractivity contribution in [3.05, 3.63) is 0 Å². The maximum Gasteiger partial charge on any atom is 0.409 e. The molecule has 0 bridgehead atoms. The Morgan fingerprint density at radius 2 is 1.64 bits per heavy atom. The highest BCUT2D eigenvalue weighted by Crippen LogP contribution is 2.11. The number of carbonyl (C=O) groups is 2. The molecule has 0 saturated carbocycles. The van der Waals surface area contributed by atoms with Gasteiger partial charge < -0.3 is 25.2 Å². The molecule has 25 heavy (non-hydrogen) atoms. The van der Waals surface area contributed by atoms with E-state index in [0.29, 0.717) is 45.9 Å². The summed E-state index contributed by atoms with van der Waals surface area (Å²) in [6.45, 7) is 14.3. The summed E-state index contributed by atoms with van der Waals surface area (Å²) in [5.74, 6) is 0.840. The van der Waals surface area contributed by atoms with Gasteiger partial charge in [0.2, 0.25) is 5.91 Å². The van der Waals surface area contributed by atoms with Crippen molar-refractivity contribution in [2.24, 2.45) is 10.4 Å². The normalized spacial score (nSPS) is 15.8. The maximum absolute atomic E-state index is 11.9. The number of aliphatic imine (C=N–C) groups is 1. The van der Waals surface area contributed by atoms with Gasteiger partial charge in [0, 0.05) is 44.7 Å². The second-order valence-electron chi connectivity index (χ2n) is 6.91. The molecule has 1 rings (SSSR count). The average Bonchev–Trinajstić information content (AvgIpc) is 2.57. The predicted octanol–water partition coefficient (Wildman–Crippen LogP) is 0.888. The van der Waals surface area contributed by atoms with Crippen molar-refractivity contribution in [1.82, 2.24) is 20.4 Å². The van der Waals surface area contributed by atoms with E-state index in [1.165, 1.54) is 0 Å². The lowest BCUT2D eigenvalue weighted by Crippen LogP contribution is -2.54. The Balaban J connectivity index is 2.48. The van der Waals surface area contributed by atoms with Gasteiger partial charge in [-0.05, 0) is 13.8 Å². The van der Waals surface area contributed by atoms with Crippen LogP contribution in [0.15, 0.2) is 4.99 Å². The third-order valence-corrected chi connectivity index (χ3v) is 3.78. The van der Waals surface area contributed by atoms with Crippen molar-refractivity contribution in [2.75, 3.05) is 52.4 Å². The summed E-state index contributed by atoms with van der Waals surface area (Å²) >= 11 is 0. The van der Waals surface area contributed by atoms with Crippen LogP contribution in [0.2, 0.25) is 0 Å². The quantitative estimate of drug-likeness (QED) is 0.434. The summed E-state index contributed by atoms with van der Waals surface area (Å²) < 4.78 is 5.04. The van der Waals surface area contributed by atoms with Crippen molar-refractivity contribution >= 4 is 18.0 Å². The summed E-state index contributed by atoms with van der Waals surface area (Å²) in [5, 5.41) is 6.17. The first-order valence-electron chi connectivity index (χ1n) is 9.02. The van der Waals surface area contributed by atoms with Gasteiger partial charge in [-0.3, -0.25) is 9.79 Å². The molecule has 8 nitrogen and oxygen atoms in total. The summed E-state index contributed by atoms with van der Waals surface area (Å²) in [4.78, 5) is 32.0. The first kappa shape index (κ1) is 21.1. The van der Waals surface area contributed by atoms with E-state index in [2.05, 4.69) is 20.5 Å².